The number of anilines is 1. The van der Waals surface area contributed by atoms with Gasteiger partial charge in [0, 0.05) is 29.4 Å². The number of aromatic nitrogens is 1. The molecule has 0 aliphatic carbocycles. The molecule has 0 aliphatic rings. The summed E-state index contributed by atoms with van der Waals surface area (Å²) in [6, 6.07) is 10.5. The molecule has 6 heteroatoms. The van der Waals surface area contributed by atoms with Gasteiger partial charge in [-0.3, -0.25) is 10.1 Å². The van der Waals surface area contributed by atoms with Gasteiger partial charge in [0.1, 0.15) is 5.15 Å². The molecule has 20 heavy (non-hydrogen) atoms. The van der Waals surface area contributed by atoms with E-state index in [9.17, 15) is 10.1 Å². The Morgan fingerprint density at radius 2 is 2.10 bits per heavy atom. The number of nitrogens with zero attached hydrogens (tertiary/aromatic N) is 2. The average molecular weight is 290 g/mol. The molecule has 0 aliphatic heterocycles. The van der Waals surface area contributed by atoms with Crippen molar-refractivity contribution >= 4 is 22.9 Å². The van der Waals surface area contributed by atoms with E-state index in [2.05, 4.69) is 4.98 Å². The van der Waals surface area contributed by atoms with Crippen molar-refractivity contribution in [2.45, 2.75) is 6.42 Å². The third kappa shape index (κ3) is 3.55. The number of rotatable bonds is 4. The Balaban J connectivity index is 2.37. The van der Waals surface area contributed by atoms with Crippen LogP contribution in [0.25, 0.3) is 5.57 Å². The second-order valence-corrected chi connectivity index (χ2v) is 4.58. The summed E-state index contributed by atoms with van der Waals surface area (Å²) < 4.78 is 0. The van der Waals surface area contributed by atoms with Crippen LogP contribution in [-0.4, -0.2) is 9.91 Å². The molecular formula is C14H12ClN3O2. The number of nitrogens with two attached hydrogens (primary N) is 1. The van der Waals surface area contributed by atoms with Gasteiger partial charge < -0.3 is 5.73 Å². The van der Waals surface area contributed by atoms with Crippen molar-refractivity contribution in [2.24, 2.45) is 0 Å². The third-order valence-electron chi connectivity index (χ3n) is 2.75. The van der Waals surface area contributed by atoms with Gasteiger partial charge in [-0.15, -0.1) is 0 Å². The molecule has 0 spiro atoms. The van der Waals surface area contributed by atoms with Crippen molar-refractivity contribution in [3.05, 3.63) is 75.2 Å². The summed E-state index contributed by atoms with van der Waals surface area (Å²) in [6.07, 6.45) is 2.93. The van der Waals surface area contributed by atoms with Crippen LogP contribution in [0.3, 0.4) is 0 Å². The summed E-state index contributed by atoms with van der Waals surface area (Å²) in [5, 5.41) is 11.2. The number of benzene rings is 1. The molecule has 0 unspecified atom stereocenters. The van der Waals surface area contributed by atoms with Crippen molar-refractivity contribution in [1.82, 2.24) is 4.98 Å². The zero-order valence-corrected chi connectivity index (χ0v) is 11.2. The molecule has 2 rings (SSSR count). The first-order chi connectivity index (χ1) is 9.56. The summed E-state index contributed by atoms with van der Waals surface area (Å²) in [7, 11) is 0. The molecule has 1 aromatic heterocycles. The van der Waals surface area contributed by atoms with E-state index in [-0.39, 0.29) is 0 Å². The van der Waals surface area contributed by atoms with Crippen LogP contribution in [-0.2, 0) is 6.42 Å². The smallest absolute Gasteiger partial charge is 0.238 e. The maximum Gasteiger partial charge on any atom is 0.238 e. The normalized spacial score (nSPS) is 11.3. The van der Waals surface area contributed by atoms with Crippen molar-refractivity contribution in [3.8, 4) is 0 Å². The van der Waals surface area contributed by atoms with E-state index >= 15 is 0 Å². The predicted octanol–water partition coefficient (Wildman–Crippen LogP) is 3.18. The van der Waals surface area contributed by atoms with Gasteiger partial charge in [-0.1, -0.05) is 35.9 Å². The number of halogens is 1. The van der Waals surface area contributed by atoms with Gasteiger partial charge in [-0.05, 0) is 17.7 Å². The topological polar surface area (TPSA) is 82.0 Å². The standard InChI is InChI=1S/C14H12ClN3O2/c15-14-6-5-10(8-17-14)7-11(9-18(19)20)12-3-1-2-4-13(12)16/h1-6,8-9H,7,16H2/b11-9-. The molecule has 1 heterocycles. The van der Waals surface area contributed by atoms with Crippen molar-refractivity contribution in [3.63, 3.8) is 0 Å². The second kappa shape index (κ2) is 6.16. The SMILES string of the molecule is Nc1ccccc1/C(=C\[N+](=O)[O-])Cc1ccc(Cl)nc1. The lowest BCUT2D eigenvalue weighted by Crippen LogP contribution is -1.99. The lowest BCUT2D eigenvalue weighted by Gasteiger charge is -2.08. The van der Waals surface area contributed by atoms with Crippen LogP contribution >= 0.6 is 11.6 Å². The Hall–Kier alpha value is -2.40. The highest BCUT2D eigenvalue weighted by molar-refractivity contribution is 6.29. The molecule has 0 fully saturated rings. The Labute approximate surface area is 120 Å². The van der Waals surface area contributed by atoms with Gasteiger partial charge in [-0.25, -0.2) is 4.98 Å². The lowest BCUT2D eigenvalue weighted by atomic mass is 9.98. The summed E-state index contributed by atoms with van der Waals surface area (Å²) in [6.45, 7) is 0. The fourth-order valence-electron chi connectivity index (χ4n) is 1.86. The Morgan fingerprint density at radius 3 is 2.70 bits per heavy atom. The van der Waals surface area contributed by atoms with Gasteiger partial charge >= 0.3 is 0 Å². The Bertz CT molecular complexity index is 654. The molecule has 0 saturated heterocycles. The number of pyridine rings is 1. The fourth-order valence-corrected chi connectivity index (χ4v) is 1.97. The molecule has 5 nitrogen and oxygen atoms in total. The van der Waals surface area contributed by atoms with Crippen LogP contribution in [0.4, 0.5) is 5.69 Å². The number of para-hydroxylation sites is 1. The first-order valence-electron chi connectivity index (χ1n) is 5.86. The van der Waals surface area contributed by atoms with Crippen molar-refractivity contribution in [1.29, 1.82) is 0 Å². The van der Waals surface area contributed by atoms with Gasteiger partial charge in [0.05, 0.1) is 4.92 Å². The first-order valence-corrected chi connectivity index (χ1v) is 6.23. The maximum atomic E-state index is 10.8. The number of nitro groups is 1. The Kier molecular flexibility index (Phi) is 4.32. The molecule has 2 N–H and O–H groups in total. The molecule has 0 amide bonds. The van der Waals surface area contributed by atoms with E-state index in [4.69, 9.17) is 17.3 Å². The van der Waals surface area contributed by atoms with Crippen LogP contribution in [0.15, 0.2) is 48.8 Å². The largest absolute Gasteiger partial charge is 0.398 e. The monoisotopic (exact) mass is 289 g/mol. The lowest BCUT2D eigenvalue weighted by molar-refractivity contribution is -0.401. The number of allylic oxidation sites excluding steroid dienone is 1. The third-order valence-corrected chi connectivity index (χ3v) is 2.97. The summed E-state index contributed by atoms with van der Waals surface area (Å²) >= 11 is 5.72. The first kappa shape index (κ1) is 14.0. The predicted molar refractivity (Wildman–Crippen MR) is 78.8 cm³/mol. The quantitative estimate of drug-likeness (QED) is 0.405. The molecular weight excluding hydrogens is 278 g/mol. The minimum atomic E-state index is -0.481. The zero-order valence-electron chi connectivity index (χ0n) is 10.5. The zero-order chi connectivity index (χ0) is 14.5. The van der Waals surface area contributed by atoms with Crippen LogP contribution in [0, 0.1) is 10.1 Å². The molecule has 2 aromatic rings. The Morgan fingerprint density at radius 1 is 1.35 bits per heavy atom. The van der Waals surface area contributed by atoms with Gasteiger partial charge in [-0.2, -0.15) is 0 Å². The molecule has 102 valence electrons. The number of hydrogen-bond donors (Lipinski definition) is 1. The van der Waals surface area contributed by atoms with E-state index in [0.717, 1.165) is 11.8 Å². The van der Waals surface area contributed by atoms with Crippen molar-refractivity contribution in [2.75, 3.05) is 5.73 Å². The van der Waals surface area contributed by atoms with E-state index in [1.807, 2.05) is 0 Å². The van der Waals surface area contributed by atoms with Gasteiger partial charge in [0.2, 0.25) is 6.20 Å². The molecule has 0 saturated carbocycles. The second-order valence-electron chi connectivity index (χ2n) is 4.19. The number of nitrogen functional groups attached to an aromatic ring is 1. The highest BCUT2D eigenvalue weighted by Gasteiger charge is 2.11. The fraction of sp³-hybridized carbons (Fsp3) is 0.0714. The van der Waals surface area contributed by atoms with Crippen LogP contribution in [0.5, 0.6) is 0 Å². The molecule has 0 radical (unpaired) electrons. The van der Waals surface area contributed by atoms with Gasteiger partial charge in [0.15, 0.2) is 0 Å². The van der Waals surface area contributed by atoms with Gasteiger partial charge in [0.25, 0.3) is 0 Å². The van der Waals surface area contributed by atoms with E-state index in [1.54, 1.807) is 42.6 Å². The summed E-state index contributed by atoms with van der Waals surface area (Å²) in [5.41, 5.74) is 8.38. The summed E-state index contributed by atoms with van der Waals surface area (Å²) in [5.74, 6) is 0. The highest BCUT2D eigenvalue weighted by Crippen LogP contribution is 2.25. The molecule has 1 aromatic carbocycles. The highest BCUT2D eigenvalue weighted by atomic mass is 35.5. The van der Waals surface area contributed by atoms with E-state index in [0.29, 0.717) is 28.4 Å². The maximum absolute atomic E-state index is 10.8. The van der Waals surface area contributed by atoms with Crippen LogP contribution in [0.1, 0.15) is 11.1 Å². The average Bonchev–Trinajstić information content (AvgIpc) is 2.41. The summed E-state index contributed by atoms with van der Waals surface area (Å²) in [4.78, 5) is 14.3. The van der Waals surface area contributed by atoms with Crippen LogP contribution in [0.2, 0.25) is 5.15 Å². The van der Waals surface area contributed by atoms with Crippen molar-refractivity contribution < 1.29 is 4.92 Å². The molecule has 0 atom stereocenters. The van der Waals surface area contributed by atoms with E-state index < -0.39 is 4.92 Å². The number of hydrogen-bond acceptors (Lipinski definition) is 4. The van der Waals surface area contributed by atoms with E-state index in [1.165, 1.54) is 0 Å². The molecule has 0 bridgehead atoms. The minimum Gasteiger partial charge on any atom is -0.398 e. The minimum absolute atomic E-state index is 0.360. The van der Waals surface area contributed by atoms with Crippen LogP contribution < -0.4 is 5.73 Å².